The van der Waals surface area contributed by atoms with Crippen LogP contribution in [0.2, 0.25) is 0 Å². The number of furan rings is 1. The molecule has 1 heterocycles. The number of aryl methyl sites for hydroxylation is 1. The second-order valence-corrected chi connectivity index (χ2v) is 4.60. The van der Waals surface area contributed by atoms with Crippen LogP contribution in [0.4, 0.5) is 8.78 Å². The van der Waals surface area contributed by atoms with E-state index >= 15 is 0 Å². The molecule has 21 heavy (non-hydrogen) atoms. The van der Waals surface area contributed by atoms with Crippen molar-refractivity contribution < 1.29 is 17.9 Å². The number of benzene rings is 1. The molecule has 2 rings (SSSR count). The van der Waals surface area contributed by atoms with Gasteiger partial charge in [-0.2, -0.15) is 8.78 Å². The maximum Gasteiger partial charge on any atom is 0.387 e. The molecule has 0 spiro atoms. The first-order valence-electron chi connectivity index (χ1n) is 7.00. The Morgan fingerprint density at radius 3 is 2.62 bits per heavy atom. The van der Waals surface area contributed by atoms with Crippen molar-refractivity contribution >= 4 is 0 Å². The van der Waals surface area contributed by atoms with Crippen LogP contribution in [-0.2, 0) is 6.42 Å². The molecule has 0 bridgehead atoms. The molecule has 1 unspecified atom stereocenters. The van der Waals surface area contributed by atoms with E-state index in [1.54, 1.807) is 12.1 Å². The molecule has 1 atom stereocenters. The zero-order valence-electron chi connectivity index (χ0n) is 12.1. The van der Waals surface area contributed by atoms with Crippen LogP contribution in [0.5, 0.6) is 5.75 Å². The molecule has 1 aromatic carbocycles. The Kier molecular flexibility index (Phi) is 5.33. The van der Waals surface area contributed by atoms with Crippen LogP contribution in [-0.4, -0.2) is 13.2 Å². The third kappa shape index (κ3) is 4.04. The average molecular weight is 295 g/mol. The van der Waals surface area contributed by atoms with E-state index in [-0.39, 0.29) is 11.8 Å². The maximum atomic E-state index is 12.3. The maximum absolute atomic E-state index is 12.3. The van der Waals surface area contributed by atoms with Crippen LogP contribution < -0.4 is 10.1 Å². The summed E-state index contributed by atoms with van der Waals surface area (Å²) >= 11 is 0. The first-order chi connectivity index (χ1) is 10.1. The normalized spacial score (nSPS) is 12.6. The van der Waals surface area contributed by atoms with E-state index in [0.717, 1.165) is 30.0 Å². The van der Waals surface area contributed by atoms with Crippen molar-refractivity contribution in [2.45, 2.75) is 32.9 Å². The summed E-state index contributed by atoms with van der Waals surface area (Å²) in [6.07, 6.45) is 0.813. The van der Waals surface area contributed by atoms with Gasteiger partial charge in [0, 0.05) is 6.42 Å². The highest BCUT2D eigenvalue weighted by molar-refractivity contribution is 5.34. The van der Waals surface area contributed by atoms with Gasteiger partial charge in [0.15, 0.2) is 0 Å². The zero-order chi connectivity index (χ0) is 15.2. The molecular weight excluding hydrogens is 276 g/mol. The Balaban J connectivity index is 2.29. The molecule has 0 aliphatic rings. The molecule has 1 N–H and O–H groups in total. The molecule has 0 amide bonds. The summed E-state index contributed by atoms with van der Waals surface area (Å²) in [4.78, 5) is 0. The lowest BCUT2D eigenvalue weighted by Crippen LogP contribution is -2.21. The Morgan fingerprint density at radius 2 is 2.00 bits per heavy atom. The topological polar surface area (TPSA) is 34.4 Å². The predicted molar refractivity (Wildman–Crippen MR) is 76.7 cm³/mol. The number of rotatable bonds is 7. The Bertz CT molecular complexity index is 569. The van der Waals surface area contributed by atoms with E-state index in [1.807, 2.05) is 32.0 Å². The molecular formula is C16H19F2NO2. The first-order valence-corrected chi connectivity index (χ1v) is 7.00. The molecule has 0 saturated heterocycles. The zero-order valence-corrected chi connectivity index (χ0v) is 12.1. The van der Waals surface area contributed by atoms with E-state index in [0.29, 0.717) is 0 Å². The summed E-state index contributed by atoms with van der Waals surface area (Å²) in [6, 6.07) is 10.3. The van der Waals surface area contributed by atoms with Crippen molar-refractivity contribution in [3.63, 3.8) is 0 Å². The molecule has 5 heteroatoms. The molecule has 3 nitrogen and oxygen atoms in total. The first kappa shape index (κ1) is 15.5. The molecule has 2 aromatic rings. The van der Waals surface area contributed by atoms with Gasteiger partial charge >= 0.3 is 6.61 Å². The largest absolute Gasteiger partial charge is 0.464 e. The molecule has 0 aliphatic carbocycles. The third-order valence-corrected chi connectivity index (χ3v) is 3.14. The fraction of sp³-hybridized carbons (Fsp3) is 0.375. The summed E-state index contributed by atoms with van der Waals surface area (Å²) in [7, 11) is 0. The van der Waals surface area contributed by atoms with Gasteiger partial charge in [0.1, 0.15) is 17.3 Å². The van der Waals surface area contributed by atoms with E-state index in [2.05, 4.69) is 10.1 Å². The Morgan fingerprint density at radius 1 is 1.19 bits per heavy atom. The fourth-order valence-corrected chi connectivity index (χ4v) is 2.20. The van der Waals surface area contributed by atoms with Crippen molar-refractivity contribution in [1.82, 2.24) is 5.32 Å². The van der Waals surface area contributed by atoms with Gasteiger partial charge in [0.25, 0.3) is 0 Å². The summed E-state index contributed by atoms with van der Waals surface area (Å²) in [5.74, 6) is 1.81. The number of hydrogen-bond acceptors (Lipinski definition) is 3. The van der Waals surface area contributed by atoms with E-state index in [9.17, 15) is 8.78 Å². The number of hydrogen-bond donors (Lipinski definition) is 1. The predicted octanol–water partition coefficient (Wildman–Crippen LogP) is 4.14. The second kappa shape index (κ2) is 7.22. The summed E-state index contributed by atoms with van der Waals surface area (Å²) in [5.41, 5.74) is 0.826. The number of ether oxygens (including phenoxy) is 1. The van der Waals surface area contributed by atoms with Crippen LogP contribution in [0.3, 0.4) is 0 Å². The molecule has 114 valence electrons. The Labute approximate surface area is 122 Å². The lowest BCUT2D eigenvalue weighted by atomic mass is 10.0. The summed E-state index contributed by atoms with van der Waals surface area (Å²) in [5, 5.41) is 3.30. The van der Waals surface area contributed by atoms with Crippen LogP contribution in [0.1, 0.15) is 37.0 Å². The van der Waals surface area contributed by atoms with E-state index < -0.39 is 6.61 Å². The molecule has 0 aliphatic heterocycles. The SMILES string of the molecule is CCNC(c1cccc(OC(F)F)c1)c1ccc(CC)o1. The molecule has 0 fully saturated rings. The van der Waals surface area contributed by atoms with Crippen LogP contribution >= 0.6 is 0 Å². The van der Waals surface area contributed by atoms with E-state index in [1.165, 1.54) is 6.07 Å². The molecule has 1 aromatic heterocycles. The molecule has 0 radical (unpaired) electrons. The van der Waals surface area contributed by atoms with Crippen LogP contribution in [0.15, 0.2) is 40.8 Å². The van der Waals surface area contributed by atoms with E-state index in [4.69, 9.17) is 4.42 Å². The lowest BCUT2D eigenvalue weighted by molar-refractivity contribution is -0.0498. The smallest absolute Gasteiger partial charge is 0.387 e. The van der Waals surface area contributed by atoms with Gasteiger partial charge in [-0.25, -0.2) is 0 Å². The van der Waals surface area contributed by atoms with Crippen molar-refractivity contribution in [1.29, 1.82) is 0 Å². The van der Waals surface area contributed by atoms with Gasteiger partial charge in [0.05, 0.1) is 6.04 Å². The summed E-state index contributed by atoms with van der Waals surface area (Å²) in [6.45, 7) is 1.90. The standard InChI is InChI=1S/C16H19F2NO2/c1-3-12-8-9-14(20-12)15(19-4-2)11-6-5-7-13(10-11)21-16(17)18/h5-10,15-16,19H,3-4H2,1-2H3. The minimum absolute atomic E-state index is 0.146. The van der Waals surface area contributed by atoms with Gasteiger partial charge in [-0.3, -0.25) is 0 Å². The number of halogens is 2. The van der Waals surface area contributed by atoms with Gasteiger partial charge in [-0.05, 0) is 36.4 Å². The van der Waals surface area contributed by atoms with Crippen molar-refractivity contribution in [2.75, 3.05) is 6.54 Å². The monoisotopic (exact) mass is 295 g/mol. The highest BCUT2D eigenvalue weighted by Crippen LogP contribution is 2.27. The average Bonchev–Trinajstić information content (AvgIpc) is 2.93. The van der Waals surface area contributed by atoms with Crippen molar-refractivity contribution in [3.8, 4) is 5.75 Å². The fourth-order valence-electron chi connectivity index (χ4n) is 2.20. The minimum atomic E-state index is -2.83. The van der Waals surface area contributed by atoms with Crippen LogP contribution in [0.25, 0.3) is 0 Å². The lowest BCUT2D eigenvalue weighted by Gasteiger charge is -2.17. The van der Waals surface area contributed by atoms with Crippen molar-refractivity contribution in [2.24, 2.45) is 0 Å². The number of nitrogens with one attached hydrogen (secondary N) is 1. The Hall–Kier alpha value is -1.88. The molecule has 0 saturated carbocycles. The van der Waals surface area contributed by atoms with Crippen LogP contribution in [0, 0.1) is 0 Å². The minimum Gasteiger partial charge on any atom is -0.464 e. The van der Waals surface area contributed by atoms with Gasteiger partial charge in [0.2, 0.25) is 0 Å². The highest BCUT2D eigenvalue weighted by atomic mass is 19.3. The number of alkyl halides is 2. The quantitative estimate of drug-likeness (QED) is 0.833. The third-order valence-electron chi connectivity index (χ3n) is 3.14. The second-order valence-electron chi connectivity index (χ2n) is 4.60. The van der Waals surface area contributed by atoms with Gasteiger partial charge in [-0.15, -0.1) is 0 Å². The highest BCUT2D eigenvalue weighted by Gasteiger charge is 2.18. The van der Waals surface area contributed by atoms with Gasteiger partial charge < -0.3 is 14.5 Å². The van der Waals surface area contributed by atoms with Gasteiger partial charge in [-0.1, -0.05) is 26.0 Å². The van der Waals surface area contributed by atoms with Crippen molar-refractivity contribution in [3.05, 3.63) is 53.5 Å². The summed E-state index contributed by atoms with van der Waals surface area (Å²) < 4.78 is 34.9.